The number of esters is 4. The first-order valence-electron chi connectivity index (χ1n) is 38.0. The largest absolute Gasteiger partial charge is 0.472 e. The average Bonchev–Trinajstić information content (AvgIpc) is 2.50. The summed E-state index contributed by atoms with van der Waals surface area (Å²) in [6, 6.07) is 0. The van der Waals surface area contributed by atoms with Crippen LogP contribution in [-0.4, -0.2) is 96.7 Å². The molecule has 0 rings (SSSR count). The van der Waals surface area contributed by atoms with Gasteiger partial charge in [-0.3, -0.25) is 37.3 Å². The molecule has 548 valence electrons. The molecule has 0 aliphatic heterocycles. The summed E-state index contributed by atoms with van der Waals surface area (Å²) in [5.74, 6) is -1.36. The van der Waals surface area contributed by atoms with Gasteiger partial charge in [0, 0.05) is 25.7 Å². The maximum absolute atomic E-state index is 13.1. The minimum Gasteiger partial charge on any atom is -0.462 e. The lowest BCUT2D eigenvalue weighted by atomic mass is 10.0. The van der Waals surface area contributed by atoms with Crippen LogP contribution in [0.5, 0.6) is 0 Å². The summed E-state index contributed by atoms with van der Waals surface area (Å²) in [7, 11) is -9.91. The number of rotatable bonds is 72. The van der Waals surface area contributed by atoms with Crippen molar-refractivity contribution in [3.63, 3.8) is 0 Å². The summed E-state index contributed by atoms with van der Waals surface area (Å²) in [4.78, 5) is 72.6. The second kappa shape index (κ2) is 66.8. The van der Waals surface area contributed by atoms with Crippen LogP contribution in [0.3, 0.4) is 0 Å². The molecule has 0 saturated carbocycles. The summed E-state index contributed by atoms with van der Waals surface area (Å²) < 4.78 is 68.3. The molecule has 17 nitrogen and oxygen atoms in total. The summed E-state index contributed by atoms with van der Waals surface area (Å²) in [6.07, 6.45) is 57.7. The molecule has 0 bridgehead atoms. The Morgan fingerprint density at radius 1 is 0.333 bits per heavy atom. The highest BCUT2D eigenvalue weighted by Crippen LogP contribution is 2.45. The van der Waals surface area contributed by atoms with Gasteiger partial charge in [-0.2, -0.15) is 0 Å². The van der Waals surface area contributed by atoms with E-state index in [0.717, 1.165) is 128 Å². The Kier molecular flexibility index (Phi) is 65.0. The molecule has 19 heteroatoms. The number of phosphoric acid groups is 2. The van der Waals surface area contributed by atoms with Crippen molar-refractivity contribution >= 4 is 39.5 Å². The minimum absolute atomic E-state index is 0.101. The number of phosphoric ester groups is 2. The number of aliphatic hydroxyl groups is 1. The van der Waals surface area contributed by atoms with E-state index in [1.807, 2.05) is 0 Å². The topological polar surface area (TPSA) is 237 Å². The van der Waals surface area contributed by atoms with Gasteiger partial charge in [0.1, 0.15) is 19.3 Å². The van der Waals surface area contributed by atoms with Crippen LogP contribution >= 0.6 is 15.6 Å². The number of carbonyl (C=O) groups is 4. The average molecular weight is 1360 g/mol. The van der Waals surface area contributed by atoms with E-state index in [4.69, 9.17) is 37.0 Å². The fourth-order valence-corrected chi connectivity index (χ4v) is 12.4. The summed E-state index contributed by atoms with van der Waals surface area (Å²) in [5, 5.41) is 10.6. The standard InChI is InChI=1S/C74H140O17P2/c1-6-9-12-15-18-20-22-24-26-31-34-38-43-48-53-58-72(77)85-64-70(91-74(79)60-55-50-45-40-36-32-28-27-29-33-37-42-46-51-56-67(4)5)66-89-93(82,83)87-62-68(75)61-86-92(80,81)88-65-69(63-84-71(76)57-52-47-41-17-14-11-8-3)90-73(78)59-54-49-44-39-35-30-25-23-21-19-16-13-10-7-2/h20,22,24,26,67-70,75H,6-19,21,23,25,27-66H2,1-5H3,(H,80,81)(H,82,83)/b22-20-,26-24-/t68-,69+,70+/m0/s1. The molecule has 0 aromatic rings. The van der Waals surface area contributed by atoms with Crippen molar-refractivity contribution in [1.29, 1.82) is 0 Å². The van der Waals surface area contributed by atoms with Gasteiger partial charge in [0.2, 0.25) is 0 Å². The van der Waals surface area contributed by atoms with E-state index < -0.39 is 97.5 Å². The molecule has 0 aromatic carbocycles. The Hall–Kier alpha value is -2.46. The first-order chi connectivity index (χ1) is 45.0. The summed E-state index contributed by atoms with van der Waals surface area (Å²) in [6.45, 7) is 7.19. The number of ether oxygens (including phenoxy) is 4. The SMILES string of the molecule is CCCCCC/C=C\C=C/CCCCCCCC(=O)OC[C@H](COP(=O)(O)OC[C@@H](O)COP(=O)(O)OC[C@@H](COC(=O)CCCCCCCCC)OC(=O)CCCCCCCCCCCCCCCC)OC(=O)CCCCCCCCCCCCCCCCC(C)C. The number of hydrogen-bond acceptors (Lipinski definition) is 15. The molecule has 0 fully saturated rings. The molecule has 0 radical (unpaired) electrons. The van der Waals surface area contributed by atoms with E-state index in [0.29, 0.717) is 25.7 Å². The van der Waals surface area contributed by atoms with Crippen molar-refractivity contribution in [3.8, 4) is 0 Å². The number of unbranched alkanes of at least 4 members (excludes halogenated alkanes) is 41. The lowest BCUT2D eigenvalue weighted by Crippen LogP contribution is -2.30. The highest BCUT2D eigenvalue weighted by molar-refractivity contribution is 7.47. The number of carbonyl (C=O) groups excluding carboxylic acids is 4. The van der Waals surface area contributed by atoms with Crippen molar-refractivity contribution in [2.45, 2.75) is 380 Å². The second-order valence-corrected chi connectivity index (χ2v) is 29.4. The lowest BCUT2D eigenvalue weighted by molar-refractivity contribution is -0.161. The molecule has 5 atom stereocenters. The third-order valence-corrected chi connectivity index (χ3v) is 18.6. The van der Waals surface area contributed by atoms with Crippen molar-refractivity contribution in [2.24, 2.45) is 5.92 Å². The van der Waals surface area contributed by atoms with Gasteiger partial charge in [-0.1, -0.05) is 309 Å². The molecule has 0 amide bonds. The van der Waals surface area contributed by atoms with E-state index in [2.05, 4.69) is 58.9 Å². The van der Waals surface area contributed by atoms with E-state index in [9.17, 15) is 43.2 Å². The molecule has 0 aliphatic carbocycles. The third kappa shape index (κ3) is 67.9. The van der Waals surface area contributed by atoms with Crippen molar-refractivity contribution in [2.75, 3.05) is 39.6 Å². The van der Waals surface area contributed by atoms with Crippen molar-refractivity contribution in [3.05, 3.63) is 24.3 Å². The zero-order chi connectivity index (χ0) is 68.4. The van der Waals surface area contributed by atoms with Crippen LogP contribution in [0.1, 0.15) is 362 Å². The monoisotopic (exact) mass is 1360 g/mol. The molecule has 0 heterocycles. The van der Waals surface area contributed by atoms with E-state index in [-0.39, 0.29) is 25.7 Å². The van der Waals surface area contributed by atoms with Crippen LogP contribution in [0, 0.1) is 5.92 Å². The maximum Gasteiger partial charge on any atom is 0.472 e. The Labute approximate surface area is 567 Å². The van der Waals surface area contributed by atoms with Crippen LogP contribution in [0.2, 0.25) is 0 Å². The van der Waals surface area contributed by atoms with Gasteiger partial charge in [0.25, 0.3) is 0 Å². The van der Waals surface area contributed by atoms with Crippen LogP contribution in [0.15, 0.2) is 24.3 Å². The lowest BCUT2D eigenvalue weighted by Gasteiger charge is -2.21. The van der Waals surface area contributed by atoms with Gasteiger partial charge in [-0.25, -0.2) is 9.13 Å². The van der Waals surface area contributed by atoms with Gasteiger partial charge in [0.05, 0.1) is 26.4 Å². The summed E-state index contributed by atoms with van der Waals surface area (Å²) in [5.41, 5.74) is 0. The Balaban J connectivity index is 5.23. The number of allylic oxidation sites excluding steroid dienone is 4. The van der Waals surface area contributed by atoms with Crippen LogP contribution in [0.25, 0.3) is 0 Å². The first-order valence-corrected chi connectivity index (χ1v) is 40.9. The highest BCUT2D eigenvalue weighted by atomic mass is 31.2. The smallest absolute Gasteiger partial charge is 0.462 e. The van der Waals surface area contributed by atoms with Crippen LogP contribution in [0.4, 0.5) is 0 Å². The van der Waals surface area contributed by atoms with Gasteiger partial charge >= 0.3 is 39.5 Å². The molecule has 0 aromatic heterocycles. The molecule has 3 N–H and O–H groups in total. The number of hydrogen-bond donors (Lipinski definition) is 3. The second-order valence-electron chi connectivity index (χ2n) is 26.5. The van der Waals surface area contributed by atoms with Gasteiger partial charge in [-0.05, 0) is 57.3 Å². The van der Waals surface area contributed by atoms with E-state index >= 15 is 0 Å². The molecular formula is C74H140O17P2. The molecule has 0 aliphatic rings. The third-order valence-electron chi connectivity index (χ3n) is 16.7. The normalized spacial score (nSPS) is 14.2. The molecular weight excluding hydrogens is 1220 g/mol. The first kappa shape index (κ1) is 90.5. The fraction of sp³-hybridized carbons (Fsp3) is 0.892. The maximum atomic E-state index is 13.1. The minimum atomic E-state index is -4.96. The van der Waals surface area contributed by atoms with Gasteiger partial charge < -0.3 is 33.8 Å². The van der Waals surface area contributed by atoms with Gasteiger partial charge in [-0.15, -0.1) is 0 Å². The van der Waals surface area contributed by atoms with Gasteiger partial charge in [0.15, 0.2) is 12.2 Å². The predicted octanol–water partition coefficient (Wildman–Crippen LogP) is 21.2. The molecule has 0 spiro atoms. The highest BCUT2D eigenvalue weighted by Gasteiger charge is 2.30. The predicted molar refractivity (Wildman–Crippen MR) is 377 cm³/mol. The fourth-order valence-electron chi connectivity index (χ4n) is 10.8. The van der Waals surface area contributed by atoms with Crippen LogP contribution in [-0.2, 0) is 65.4 Å². The van der Waals surface area contributed by atoms with Crippen molar-refractivity contribution < 1.29 is 80.2 Å². The molecule has 0 saturated heterocycles. The van der Waals surface area contributed by atoms with Crippen LogP contribution < -0.4 is 0 Å². The van der Waals surface area contributed by atoms with Crippen molar-refractivity contribution in [1.82, 2.24) is 0 Å². The molecule has 93 heavy (non-hydrogen) atoms. The Morgan fingerprint density at radius 2 is 0.581 bits per heavy atom. The number of aliphatic hydroxyl groups excluding tert-OH is 1. The zero-order valence-corrected chi connectivity index (χ0v) is 61.7. The quantitative estimate of drug-likeness (QED) is 0.0169. The molecule has 2 unspecified atom stereocenters. The van der Waals surface area contributed by atoms with E-state index in [1.54, 1.807) is 0 Å². The summed E-state index contributed by atoms with van der Waals surface area (Å²) >= 11 is 0. The Bertz CT molecular complexity index is 1880. The van der Waals surface area contributed by atoms with E-state index in [1.165, 1.54) is 154 Å². The zero-order valence-electron chi connectivity index (χ0n) is 59.9. The Morgan fingerprint density at radius 3 is 0.882 bits per heavy atom.